The first kappa shape index (κ1) is 19.6. The van der Waals surface area contributed by atoms with Crippen LogP contribution in [0.25, 0.3) is 34.4 Å². The van der Waals surface area contributed by atoms with E-state index in [1.54, 1.807) is 18.2 Å². The van der Waals surface area contributed by atoms with Gasteiger partial charge in [-0.05, 0) is 61.8 Å². The molecule has 4 aromatic rings. The number of halogens is 2. The molecule has 0 unspecified atom stereocenters. The number of hydrogen-bond acceptors (Lipinski definition) is 4. The molecule has 0 bridgehead atoms. The molecule has 0 atom stereocenters. The molecule has 158 valence electrons. The van der Waals surface area contributed by atoms with Gasteiger partial charge >= 0.3 is 0 Å². The molecule has 1 aliphatic heterocycles. The normalized spacial score (nSPS) is 15.3. The number of aromatic nitrogens is 5. The minimum absolute atomic E-state index is 0.291. The van der Waals surface area contributed by atoms with Gasteiger partial charge < -0.3 is 4.98 Å². The van der Waals surface area contributed by atoms with Crippen LogP contribution in [0.3, 0.4) is 0 Å². The SMILES string of the molecule is Fc1ccc(/C=C/c2n[nH]c3c(F)cc(-c4nnc(CN5CCCCC5)[nH]4)cc23)cc1. The molecule has 8 heteroatoms. The summed E-state index contributed by atoms with van der Waals surface area (Å²) in [6, 6.07) is 9.41. The van der Waals surface area contributed by atoms with Gasteiger partial charge in [-0.3, -0.25) is 10.00 Å². The van der Waals surface area contributed by atoms with Crippen LogP contribution in [0, 0.1) is 11.6 Å². The number of hydrogen-bond donors (Lipinski definition) is 2. The summed E-state index contributed by atoms with van der Waals surface area (Å²) < 4.78 is 27.8. The molecule has 3 heterocycles. The quantitative estimate of drug-likeness (QED) is 0.487. The number of aromatic amines is 2. The van der Waals surface area contributed by atoms with Gasteiger partial charge in [0.1, 0.15) is 23.0 Å². The van der Waals surface area contributed by atoms with E-state index in [1.807, 2.05) is 12.1 Å². The van der Waals surface area contributed by atoms with E-state index in [9.17, 15) is 8.78 Å². The Balaban J connectivity index is 1.42. The lowest BCUT2D eigenvalue weighted by Crippen LogP contribution is -2.29. The van der Waals surface area contributed by atoms with Gasteiger partial charge in [-0.2, -0.15) is 5.10 Å². The Morgan fingerprint density at radius 1 is 0.968 bits per heavy atom. The van der Waals surface area contributed by atoms with E-state index in [1.165, 1.54) is 37.5 Å². The lowest BCUT2D eigenvalue weighted by molar-refractivity contribution is 0.216. The molecule has 5 rings (SSSR count). The Morgan fingerprint density at radius 3 is 2.58 bits per heavy atom. The summed E-state index contributed by atoms with van der Waals surface area (Å²) in [6.07, 6.45) is 7.28. The van der Waals surface area contributed by atoms with Gasteiger partial charge in [0.15, 0.2) is 5.82 Å². The molecular formula is C23H22F2N6. The van der Waals surface area contributed by atoms with Crippen LogP contribution < -0.4 is 0 Å². The number of likely N-dealkylation sites (tertiary alicyclic amines) is 1. The van der Waals surface area contributed by atoms with E-state index in [0.29, 0.717) is 28.0 Å². The molecule has 0 aliphatic carbocycles. The van der Waals surface area contributed by atoms with Crippen molar-refractivity contribution >= 4 is 23.1 Å². The smallest absolute Gasteiger partial charge is 0.161 e. The van der Waals surface area contributed by atoms with Crippen LogP contribution in [-0.4, -0.2) is 43.4 Å². The Hall–Kier alpha value is -3.39. The number of benzene rings is 2. The van der Waals surface area contributed by atoms with Gasteiger partial charge in [-0.1, -0.05) is 24.6 Å². The van der Waals surface area contributed by atoms with Gasteiger partial charge in [-0.25, -0.2) is 8.78 Å². The van der Waals surface area contributed by atoms with Crippen molar-refractivity contribution in [2.45, 2.75) is 25.8 Å². The van der Waals surface area contributed by atoms with Gasteiger partial charge in [0.05, 0.1) is 12.2 Å². The number of piperidine rings is 1. The molecule has 2 N–H and O–H groups in total. The molecular weight excluding hydrogens is 398 g/mol. The predicted octanol–water partition coefficient (Wildman–Crippen LogP) is 4.78. The summed E-state index contributed by atoms with van der Waals surface area (Å²) in [6.45, 7) is 2.85. The maximum absolute atomic E-state index is 14.7. The second kappa shape index (κ2) is 8.39. The van der Waals surface area contributed by atoms with Gasteiger partial charge in [0.25, 0.3) is 0 Å². The van der Waals surface area contributed by atoms with Crippen molar-refractivity contribution in [2.24, 2.45) is 0 Å². The fraction of sp³-hybridized carbons (Fsp3) is 0.261. The fourth-order valence-electron chi connectivity index (χ4n) is 3.94. The number of nitrogens with zero attached hydrogens (tertiary/aromatic N) is 4. The summed E-state index contributed by atoms with van der Waals surface area (Å²) in [5.41, 5.74) is 2.36. The van der Waals surface area contributed by atoms with Gasteiger partial charge in [0, 0.05) is 10.9 Å². The number of H-pyrrole nitrogens is 2. The molecule has 0 saturated carbocycles. The van der Waals surface area contributed by atoms with Crippen molar-refractivity contribution in [2.75, 3.05) is 13.1 Å². The van der Waals surface area contributed by atoms with Crippen LogP contribution in [0.4, 0.5) is 8.78 Å². The zero-order valence-corrected chi connectivity index (χ0v) is 16.9. The summed E-state index contributed by atoms with van der Waals surface area (Å²) in [4.78, 5) is 5.58. The summed E-state index contributed by atoms with van der Waals surface area (Å²) >= 11 is 0. The van der Waals surface area contributed by atoms with E-state index in [2.05, 4.69) is 30.3 Å². The first-order valence-corrected chi connectivity index (χ1v) is 10.4. The number of fused-ring (bicyclic) bond motifs is 1. The minimum Gasteiger partial charge on any atom is -0.324 e. The average Bonchev–Trinajstić information content (AvgIpc) is 3.41. The molecule has 2 aromatic heterocycles. The van der Waals surface area contributed by atoms with Gasteiger partial charge in [-0.15, -0.1) is 10.2 Å². The van der Waals surface area contributed by atoms with E-state index in [-0.39, 0.29) is 5.82 Å². The third-order valence-corrected chi connectivity index (χ3v) is 5.59. The van der Waals surface area contributed by atoms with E-state index in [0.717, 1.165) is 31.0 Å². The molecule has 0 amide bonds. The lowest BCUT2D eigenvalue weighted by Gasteiger charge is -2.24. The Labute approximate surface area is 178 Å². The fourth-order valence-corrected chi connectivity index (χ4v) is 3.94. The minimum atomic E-state index is -0.407. The van der Waals surface area contributed by atoms with Crippen molar-refractivity contribution in [3.05, 3.63) is 65.1 Å². The van der Waals surface area contributed by atoms with Crippen molar-refractivity contribution in [1.82, 2.24) is 30.3 Å². The molecule has 6 nitrogen and oxygen atoms in total. The zero-order chi connectivity index (χ0) is 21.2. The Kier molecular flexibility index (Phi) is 5.30. The average molecular weight is 420 g/mol. The van der Waals surface area contributed by atoms with Crippen LogP contribution in [0.5, 0.6) is 0 Å². The molecule has 1 saturated heterocycles. The monoisotopic (exact) mass is 420 g/mol. The highest BCUT2D eigenvalue weighted by atomic mass is 19.1. The molecule has 1 fully saturated rings. The highest BCUT2D eigenvalue weighted by Gasteiger charge is 2.16. The first-order valence-electron chi connectivity index (χ1n) is 10.4. The number of nitrogens with one attached hydrogen (secondary N) is 2. The van der Waals surface area contributed by atoms with E-state index >= 15 is 0 Å². The molecule has 0 spiro atoms. The number of rotatable bonds is 5. The topological polar surface area (TPSA) is 73.5 Å². The van der Waals surface area contributed by atoms with Crippen LogP contribution in [0.1, 0.15) is 36.3 Å². The summed E-state index contributed by atoms with van der Waals surface area (Å²) in [5, 5.41) is 16.1. The van der Waals surface area contributed by atoms with E-state index in [4.69, 9.17) is 0 Å². The summed E-state index contributed by atoms with van der Waals surface area (Å²) in [5.74, 6) is 0.611. The van der Waals surface area contributed by atoms with Crippen molar-refractivity contribution in [3.8, 4) is 11.4 Å². The molecule has 31 heavy (non-hydrogen) atoms. The van der Waals surface area contributed by atoms with Crippen molar-refractivity contribution < 1.29 is 8.78 Å². The standard InChI is InChI=1S/C23H22F2N6/c24-17-7-4-15(5-8-17)6-9-20-18-12-16(13-19(25)22(18)29-27-20)23-26-21(28-30-23)14-31-10-2-1-3-11-31/h4-9,12-13H,1-3,10-11,14H2,(H,27,29)(H,26,28,30)/b9-6+. The second-order valence-corrected chi connectivity index (χ2v) is 7.83. The zero-order valence-electron chi connectivity index (χ0n) is 16.9. The van der Waals surface area contributed by atoms with Crippen molar-refractivity contribution in [3.63, 3.8) is 0 Å². The van der Waals surface area contributed by atoms with Crippen LogP contribution in [0.15, 0.2) is 36.4 Å². The van der Waals surface area contributed by atoms with Crippen LogP contribution in [0.2, 0.25) is 0 Å². The predicted molar refractivity (Wildman–Crippen MR) is 116 cm³/mol. The van der Waals surface area contributed by atoms with Crippen LogP contribution in [-0.2, 0) is 6.54 Å². The maximum Gasteiger partial charge on any atom is 0.161 e. The third-order valence-electron chi connectivity index (χ3n) is 5.59. The van der Waals surface area contributed by atoms with E-state index < -0.39 is 5.82 Å². The summed E-state index contributed by atoms with van der Waals surface area (Å²) in [7, 11) is 0. The third kappa shape index (κ3) is 4.25. The Morgan fingerprint density at radius 2 is 1.77 bits per heavy atom. The maximum atomic E-state index is 14.7. The van der Waals surface area contributed by atoms with Crippen molar-refractivity contribution in [1.29, 1.82) is 0 Å². The highest BCUT2D eigenvalue weighted by molar-refractivity contribution is 5.92. The van der Waals surface area contributed by atoms with Crippen LogP contribution >= 0.6 is 0 Å². The first-order chi connectivity index (χ1) is 15.2. The largest absolute Gasteiger partial charge is 0.324 e. The second-order valence-electron chi connectivity index (χ2n) is 7.83. The lowest BCUT2D eigenvalue weighted by atomic mass is 10.1. The molecule has 1 aliphatic rings. The highest BCUT2D eigenvalue weighted by Crippen LogP contribution is 2.27. The molecule has 0 radical (unpaired) electrons. The molecule has 2 aromatic carbocycles. The Bertz CT molecular complexity index is 1220. The van der Waals surface area contributed by atoms with Gasteiger partial charge in [0.2, 0.25) is 0 Å².